The zero-order valence-corrected chi connectivity index (χ0v) is 15.1. The lowest BCUT2D eigenvalue weighted by Gasteiger charge is -2.27. The molecule has 1 N–H and O–H groups in total. The van der Waals surface area contributed by atoms with E-state index in [0.29, 0.717) is 5.56 Å². The van der Waals surface area contributed by atoms with Crippen LogP contribution in [0.15, 0.2) is 18.2 Å². The Morgan fingerprint density at radius 1 is 0.957 bits per heavy atom. The Kier molecular flexibility index (Phi) is 9.42. The van der Waals surface area contributed by atoms with Crippen LogP contribution in [0.3, 0.4) is 0 Å². The number of benzene rings is 1. The van der Waals surface area contributed by atoms with E-state index in [1.54, 1.807) is 6.07 Å². The SMILES string of the molecule is CCCCCc1ccc(C(=O)O)cc1N(CCCC)CCCC. The highest BCUT2D eigenvalue weighted by Crippen LogP contribution is 2.25. The molecule has 0 saturated heterocycles. The van der Waals surface area contributed by atoms with Crippen molar-refractivity contribution in [3.05, 3.63) is 29.3 Å². The molecule has 0 spiro atoms. The molecule has 23 heavy (non-hydrogen) atoms. The Labute approximate surface area is 141 Å². The molecule has 0 fully saturated rings. The van der Waals surface area contributed by atoms with E-state index in [-0.39, 0.29) is 0 Å². The second-order valence-corrected chi connectivity index (χ2v) is 6.30. The molecule has 3 heteroatoms. The van der Waals surface area contributed by atoms with Crippen LogP contribution >= 0.6 is 0 Å². The average Bonchev–Trinajstić information content (AvgIpc) is 2.55. The summed E-state index contributed by atoms with van der Waals surface area (Å²) in [5.41, 5.74) is 2.84. The molecule has 0 aliphatic carbocycles. The number of carbonyl (C=O) groups is 1. The van der Waals surface area contributed by atoms with Gasteiger partial charge >= 0.3 is 5.97 Å². The average molecular weight is 319 g/mol. The van der Waals surface area contributed by atoms with Gasteiger partial charge in [-0.2, -0.15) is 0 Å². The van der Waals surface area contributed by atoms with Gasteiger partial charge in [-0.3, -0.25) is 0 Å². The van der Waals surface area contributed by atoms with Crippen molar-refractivity contribution in [2.24, 2.45) is 0 Å². The molecule has 0 radical (unpaired) electrons. The summed E-state index contributed by atoms with van der Waals surface area (Å²) in [5, 5.41) is 9.33. The molecule has 0 unspecified atom stereocenters. The molecule has 1 aromatic carbocycles. The van der Waals surface area contributed by atoms with Crippen molar-refractivity contribution in [3.63, 3.8) is 0 Å². The maximum atomic E-state index is 11.4. The van der Waals surface area contributed by atoms with Crippen molar-refractivity contribution in [2.75, 3.05) is 18.0 Å². The maximum absolute atomic E-state index is 11.4. The Morgan fingerprint density at radius 3 is 2.09 bits per heavy atom. The number of carboxylic acids is 1. The molecule has 1 aromatic rings. The molecule has 0 aliphatic rings. The molecule has 0 bridgehead atoms. The fourth-order valence-electron chi connectivity index (χ4n) is 2.82. The second-order valence-electron chi connectivity index (χ2n) is 6.30. The highest BCUT2D eigenvalue weighted by atomic mass is 16.4. The Morgan fingerprint density at radius 2 is 1.57 bits per heavy atom. The van der Waals surface area contributed by atoms with E-state index in [4.69, 9.17) is 0 Å². The molecule has 0 atom stereocenters. The molecule has 0 aliphatic heterocycles. The largest absolute Gasteiger partial charge is 0.478 e. The normalized spacial score (nSPS) is 10.7. The lowest BCUT2D eigenvalue weighted by molar-refractivity contribution is 0.0697. The molecule has 130 valence electrons. The van der Waals surface area contributed by atoms with Gasteiger partial charge in [-0.25, -0.2) is 4.79 Å². The van der Waals surface area contributed by atoms with Crippen LogP contribution in [-0.4, -0.2) is 24.2 Å². The summed E-state index contributed by atoms with van der Waals surface area (Å²) in [6.45, 7) is 8.64. The number of aryl methyl sites for hydroxylation is 1. The molecule has 0 amide bonds. The van der Waals surface area contributed by atoms with E-state index in [0.717, 1.165) is 50.9 Å². The fraction of sp³-hybridized carbons (Fsp3) is 0.650. The Bertz CT molecular complexity index is 463. The van der Waals surface area contributed by atoms with Crippen LogP contribution in [0.25, 0.3) is 0 Å². The molecular weight excluding hydrogens is 286 g/mol. The van der Waals surface area contributed by atoms with Crippen LogP contribution < -0.4 is 4.90 Å². The first-order chi connectivity index (χ1) is 11.1. The monoisotopic (exact) mass is 319 g/mol. The van der Waals surface area contributed by atoms with Crippen LogP contribution in [-0.2, 0) is 6.42 Å². The minimum absolute atomic E-state index is 0.400. The van der Waals surface area contributed by atoms with Crippen LogP contribution in [0.5, 0.6) is 0 Å². The lowest BCUT2D eigenvalue weighted by Crippen LogP contribution is -2.27. The predicted molar refractivity (Wildman–Crippen MR) is 98.7 cm³/mol. The number of hydrogen-bond donors (Lipinski definition) is 1. The number of unbranched alkanes of at least 4 members (excludes halogenated alkanes) is 4. The van der Waals surface area contributed by atoms with Crippen molar-refractivity contribution < 1.29 is 9.90 Å². The first-order valence-corrected chi connectivity index (χ1v) is 9.25. The number of hydrogen-bond acceptors (Lipinski definition) is 2. The van der Waals surface area contributed by atoms with Gasteiger partial charge in [0.15, 0.2) is 0 Å². The molecule has 0 aromatic heterocycles. The number of rotatable bonds is 12. The minimum atomic E-state index is -0.836. The highest BCUT2D eigenvalue weighted by molar-refractivity contribution is 5.89. The standard InChI is InChI=1S/C20H33NO2/c1-4-7-10-11-17-12-13-18(20(22)23)16-19(17)21(14-8-5-2)15-9-6-3/h12-13,16H,4-11,14-15H2,1-3H3,(H,22,23). The summed E-state index contributed by atoms with van der Waals surface area (Å²) in [5.74, 6) is -0.836. The van der Waals surface area contributed by atoms with Gasteiger partial charge in [0.25, 0.3) is 0 Å². The Hall–Kier alpha value is -1.51. The number of aromatic carboxylic acids is 1. The summed E-state index contributed by atoms with van der Waals surface area (Å²) < 4.78 is 0. The highest BCUT2D eigenvalue weighted by Gasteiger charge is 2.14. The van der Waals surface area contributed by atoms with E-state index < -0.39 is 5.97 Å². The third-order valence-corrected chi connectivity index (χ3v) is 4.29. The van der Waals surface area contributed by atoms with Crippen LogP contribution in [0, 0.1) is 0 Å². The topological polar surface area (TPSA) is 40.5 Å². The first-order valence-electron chi connectivity index (χ1n) is 9.25. The Balaban J connectivity index is 3.05. The smallest absolute Gasteiger partial charge is 0.335 e. The zero-order valence-electron chi connectivity index (χ0n) is 15.1. The van der Waals surface area contributed by atoms with Crippen molar-refractivity contribution in [1.82, 2.24) is 0 Å². The molecule has 0 heterocycles. The van der Waals surface area contributed by atoms with E-state index in [2.05, 4.69) is 25.7 Å². The van der Waals surface area contributed by atoms with Crippen molar-refractivity contribution in [3.8, 4) is 0 Å². The number of anilines is 1. The number of nitrogens with zero attached hydrogens (tertiary/aromatic N) is 1. The van der Waals surface area contributed by atoms with Gasteiger partial charge in [0, 0.05) is 18.8 Å². The summed E-state index contributed by atoms with van der Waals surface area (Å²) in [7, 11) is 0. The van der Waals surface area contributed by atoms with E-state index in [1.165, 1.54) is 24.8 Å². The van der Waals surface area contributed by atoms with E-state index in [9.17, 15) is 9.90 Å². The quantitative estimate of drug-likeness (QED) is 0.515. The van der Waals surface area contributed by atoms with Crippen molar-refractivity contribution in [1.29, 1.82) is 0 Å². The van der Waals surface area contributed by atoms with Crippen LogP contribution in [0.2, 0.25) is 0 Å². The van der Waals surface area contributed by atoms with Gasteiger partial charge in [-0.05, 0) is 43.4 Å². The number of carboxylic acid groups (broad SMARTS) is 1. The second kappa shape index (κ2) is 11.1. The lowest BCUT2D eigenvalue weighted by atomic mass is 10.0. The first kappa shape index (κ1) is 19.5. The minimum Gasteiger partial charge on any atom is -0.478 e. The van der Waals surface area contributed by atoms with Crippen LogP contribution in [0.4, 0.5) is 5.69 Å². The third kappa shape index (κ3) is 6.64. The van der Waals surface area contributed by atoms with Crippen LogP contribution in [0.1, 0.15) is 81.6 Å². The zero-order chi connectivity index (χ0) is 17.1. The summed E-state index contributed by atoms with van der Waals surface area (Å²) in [6, 6.07) is 5.67. The van der Waals surface area contributed by atoms with Gasteiger partial charge in [-0.15, -0.1) is 0 Å². The van der Waals surface area contributed by atoms with E-state index in [1.807, 2.05) is 12.1 Å². The molecule has 0 saturated carbocycles. The van der Waals surface area contributed by atoms with E-state index >= 15 is 0 Å². The predicted octanol–water partition coefficient (Wildman–Crippen LogP) is 5.52. The molecule has 3 nitrogen and oxygen atoms in total. The maximum Gasteiger partial charge on any atom is 0.335 e. The molecular formula is C20H33NO2. The van der Waals surface area contributed by atoms with Crippen molar-refractivity contribution in [2.45, 2.75) is 72.1 Å². The van der Waals surface area contributed by atoms with Gasteiger partial charge in [0.05, 0.1) is 5.56 Å². The summed E-state index contributed by atoms with van der Waals surface area (Å²) in [4.78, 5) is 13.8. The molecule has 1 rings (SSSR count). The summed E-state index contributed by atoms with van der Waals surface area (Å²) >= 11 is 0. The van der Waals surface area contributed by atoms with Gasteiger partial charge in [0.1, 0.15) is 0 Å². The van der Waals surface area contributed by atoms with Gasteiger partial charge in [0.2, 0.25) is 0 Å². The van der Waals surface area contributed by atoms with Crippen molar-refractivity contribution >= 4 is 11.7 Å². The summed E-state index contributed by atoms with van der Waals surface area (Å²) in [6.07, 6.45) is 9.26. The fourth-order valence-corrected chi connectivity index (χ4v) is 2.82. The van der Waals surface area contributed by atoms with Gasteiger partial charge < -0.3 is 10.0 Å². The third-order valence-electron chi connectivity index (χ3n) is 4.29. The van der Waals surface area contributed by atoms with Gasteiger partial charge in [-0.1, -0.05) is 52.5 Å².